The number of hydrogen-bond donors (Lipinski definition) is 1. The van der Waals surface area contributed by atoms with Crippen molar-refractivity contribution < 1.29 is 0 Å². The van der Waals surface area contributed by atoms with E-state index in [0.29, 0.717) is 5.92 Å². The molecule has 4 nitrogen and oxygen atoms in total. The first-order valence-electron chi connectivity index (χ1n) is 6.11. The Bertz CT molecular complexity index is 488. The number of anilines is 1. The Morgan fingerprint density at radius 1 is 1.39 bits per heavy atom. The van der Waals surface area contributed by atoms with Crippen LogP contribution in [0.3, 0.4) is 0 Å². The standard InChI is InChI=1S/C12H16N4S2/c13-10-7-15-16(8-10)11(12-14-3-6-18-12)9-1-4-17-5-2-9/h3,6-9,11H,1-2,4-5,13H2. The summed E-state index contributed by atoms with van der Waals surface area (Å²) in [5, 5.41) is 7.58. The van der Waals surface area contributed by atoms with Crippen LogP contribution >= 0.6 is 23.1 Å². The minimum Gasteiger partial charge on any atom is -0.396 e. The molecule has 2 N–H and O–H groups in total. The number of thioether (sulfide) groups is 1. The van der Waals surface area contributed by atoms with Gasteiger partial charge in [0.05, 0.1) is 11.9 Å². The number of nitrogens with two attached hydrogens (primary N) is 1. The molecule has 0 amide bonds. The molecule has 1 fully saturated rings. The minimum absolute atomic E-state index is 0.253. The molecule has 2 aromatic heterocycles. The fourth-order valence-electron chi connectivity index (χ4n) is 2.45. The summed E-state index contributed by atoms with van der Waals surface area (Å²) in [5.74, 6) is 3.10. The van der Waals surface area contributed by atoms with Gasteiger partial charge in [-0.05, 0) is 30.3 Å². The number of hydrogen-bond acceptors (Lipinski definition) is 5. The van der Waals surface area contributed by atoms with Gasteiger partial charge >= 0.3 is 0 Å². The van der Waals surface area contributed by atoms with E-state index in [4.69, 9.17) is 5.73 Å². The second-order valence-electron chi connectivity index (χ2n) is 4.52. The van der Waals surface area contributed by atoms with Crippen LogP contribution in [0.15, 0.2) is 24.0 Å². The predicted octanol–water partition coefficient (Wildman–Crippen LogP) is 2.65. The van der Waals surface area contributed by atoms with E-state index in [9.17, 15) is 0 Å². The van der Waals surface area contributed by atoms with Gasteiger partial charge in [0, 0.05) is 17.8 Å². The Labute approximate surface area is 115 Å². The fourth-order valence-corrected chi connectivity index (χ4v) is 4.41. The summed E-state index contributed by atoms with van der Waals surface area (Å²) in [5.41, 5.74) is 6.52. The average molecular weight is 280 g/mol. The van der Waals surface area contributed by atoms with Crippen molar-refractivity contribution in [2.75, 3.05) is 17.2 Å². The minimum atomic E-state index is 0.253. The molecule has 0 bridgehead atoms. The second-order valence-corrected chi connectivity index (χ2v) is 6.67. The largest absolute Gasteiger partial charge is 0.396 e. The van der Waals surface area contributed by atoms with Gasteiger partial charge in [0.1, 0.15) is 11.0 Å². The summed E-state index contributed by atoms with van der Waals surface area (Å²) in [6.45, 7) is 0. The molecule has 6 heteroatoms. The zero-order chi connectivity index (χ0) is 12.4. The molecule has 1 unspecified atom stereocenters. The van der Waals surface area contributed by atoms with Gasteiger partial charge in [-0.2, -0.15) is 16.9 Å². The van der Waals surface area contributed by atoms with Crippen LogP contribution in [-0.2, 0) is 0 Å². The highest BCUT2D eigenvalue weighted by Crippen LogP contribution is 2.36. The van der Waals surface area contributed by atoms with Gasteiger partial charge in [-0.15, -0.1) is 11.3 Å². The van der Waals surface area contributed by atoms with E-state index in [1.165, 1.54) is 24.3 Å². The van der Waals surface area contributed by atoms with Gasteiger partial charge in [-0.25, -0.2) is 4.98 Å². The number of nitrogen functional groups attached to an aromatic ring is 1. The van der Waals surface area contributed by atoms with Crippen molar-refractivity contribution in [1.29, 1.82) is 0 Å². The van der Waals surface area contributed by atoms with E-state index in [2.05, 4.69) is 10.1 Å². The first-order valence-corrected chi connectivity index (χ1v) is 8.15. The Balaban J connectivity index is 1.92. The van der Waals surface area contributed by atoms with Crippen LogP contribution in [0.25, 0.3) is 0 Å². The van der Waals surface area contributed by atoms with Crippen molar-refractivity contribution in [3.05, 3.63) is 29.0 Å². The van der Waals surface area contributed by atoms with Crippen molar-refractivity contribution in [1.82, 2.24) is 14.8 Å². The maximum absolute atomic E-state index is 5.79. The van der Waals surface area contributed by atoms with Gasteiger partial charge in [-0.3, -0.25) is 4.68 Å². The third-order valence-electron chi connectivity index (χ3n) is 3.32. The first-order chi connectivity index (χ1) is 8.84. The molecule has 18 heavy (non-hydrogen) atoms. The highest BCUT2D eigenvalue weighted by atomic mass is 32.2. The monoisotopic (exact) mass is 280 g/mol. The van der Waals surface area contributed by atoms with Crippen LogP contribution in [0.4, 0.5) is 5.69 Å². The first kappa shape index (κ1) is 12.0. The summed E-state index contributed by atoms with van der Waals surface area (Å²) in [6, 6.07) is 0.253. The predicted molar refractivity (Wildman–Crippen MR) is 76.9 cm³/mol. The molecule has 1 atom stereocenters. The van der Waals surface area contributed by atoms with E-state index in [-0.39, 0.29) is 6.04 Å². The van der Waals surface area contributed by atoms with Gasteiger partial charge in [-0.1, -0.05) is 0 Å². The molecule has 3 heterocycles. The van der Waals surface area contributed by atoms with E-state index >= 15 is 0 Å². The highest BCUT2D eigenvalue weighted by Gasteiger charge is 2.29. The number of thiazole rings is 1. The van der Waals surface area contributed by atoms with E-state index < -0.39 is 0 Å². The summed E-state index contributed by atoms with van der Waals surface area (Å²) in [7, 11) is 0. The van der Waals surface area contributed by atoms with Crippen LogP contribution in [0.2, 0.25) is 0 Å². The normalized spacial score (nSPS) is 18.9. The maximum atomic E-state index is 5.79. The van der Waals surface area contributed by atoms with Gasteiger partial charge in [0.25, 0.3) is 0 Å². The molecule has 0 radical (unpaired) electrons. The van der Waals surface area contributed by atoms with Crippen LogP contribution in [0.1, 0.15) is 23.9 Å². The molecule has 3 rings (SSSR count). The Kier molecular flexibility index (Phi) is 3.56. The molecule has 0 saturated carbocycles. The van der Waals surface area contributed by atoms with Crippen molar-refractivity contribution in [2.24, 2.45) is 5.92 Å². The summed E-state index contributed by atoms with van der Waals surface area (Å²) < 4.78 is 1.99. The lowest BCUT2D eigenvalue weighted by Gasteiger charge is -2.28. The molecule has 0 aliphatic carbocycles. The Morgan fingerprint density at radius 3 is 2.83 bits per heavy atom. The molecule has 1 saturated heterocycles. The van der Waals surface area contributed by atoms with Gasteiger partial charge in [0.15, 0.2) is 0 Å². The lowest BCUT2D eigenvalue weighted by atomic mass is 9.94. The second kappa shape index (κ2) is 5.32. The molecule has 0 aromatic carbocycles. The smallest absolute Gasteiger partial charge is 0.117 e. The summed E-state index contributed by atoms with van der Waals surface area (Å²) in [6.07, 6.45) is 7.98. The van der Waals surface area contributed by atoms with Gasteiger partial charge in [0.2, 0.25) is 0 Å². The number of aromatic nitrogens is 3. The summed E-state index contributed by atoms with van der Waals surface area (Å²) >= 11 is 3.75. The lowest BCUT2D eigenvalue weighted by molar-refractivity contribution is 0.331. The third-order valence-corrected chi connectivity index (χ3v) is 5.22. The zero-order valence-electron chi connectivity index (χ0n) is 10.0. The molecule has 96 valence electrons. The topological polar surface area (TPSA) is 56.7 Å². The van der Waals surface area contributed by atoms with Crippen LogP contribution in [0, 0.1) is 5.92 Å². The third kappa shape index (κ3) is 2.40. The highest BCUT2D eigenvalue weighted by molar-refractivity contribution is 7.99. The fraction of sp³-hybridized carbons (Fsp3) is 0.500. The Hall–Kier alpha value is -1.01. The van der Waals surface area contributed by atoms with E-state index in [1.807, 2.05) is 34.2 Å². The lowest BCUT2D eigenvalue weighted by Crippen LogP contribution is -2.24. The molecular formula is C12H16N4S2. The average Bonchev–Trinajstić information content (AvgIpc) is 3.04. The van der Waals surface area contributed by atoms with Crippen LogP contribution in [0.5, 0.6) is 0 Å². The molecule has 2 aromatic rings. The van der Waals surface area contributed by atoms with Crippen LogP contribution in [-0.4, -0.2) is 26.3 Å². The van der Waals surface area contributed by atoms with Crippen molar-refractivity contribution in [2.45, 2.75) is 18.9 Å². The van der Waals surface area contributed by atoms with Crippen LogP contribution < -0.4 is 5.73 Å². The molecular weight excluding hydrogens is 264 g/mol. The molecule has 1 aliphatic heterocycles. The molecule has 1 aliphatic rings. The van der Waals surface area contributed by atoms with E-state index in [0.717, 1.165) is 10.7 Å². The number of rotatable bonds is 3. The van der Waals surface area contributed by atoms with Crippen molar-refractivity contribution >= 4 is 28.8 Å². The number of nitrogens with zero attached hydrogens (tertiary/aromatic N) is 3. The van der Waals surface area contributed by atoms with Gasteiger partial charge < -0.3 is 5.73 Å². The summed E-state index contributed by atoms with van der Waals surface area (Å²) in [4.78, 5) is 4.49. The van der Waals surface area contributed by atoms with Crippen molar-refractivity contribution in [3.8, 4) is 0 Å². The van der Waals surface area contributed by atoms with Crippen molar-refractivity contribution in [3.63, 3.8) is 0 Å². The molecule has 0 spiro atoms. The Morgan fingerprint density at radius 2 is 2.22 bits per heavy atom. The maximum Gasteiger partial charge on any atom is 0.117 e. The SMILES string of the molecule is Nc1cnn(C(c2nccs2)C2CCSCC2)c1. The zero-order valence-corrected chi connectivity index (χ0v) is 11.7. The quantitative estimate of drug-likeness (QED) is 0.939. The van der Waals surface area contributed by atoms with E-state index in [1.54, 1.807) is 17.5 Å².